The van der Waals surface area contributed by atoms with Crippen LogP contribution >= 0.6 is 0 Å². The van der Waals surface area contributed by atoms with E-state index in [0.717, 1.165) is 6.07 Å². The first-order valence-electron chi connectivity index (χ1n) is 5.38. The summed E-state index contributed by atoms with van der Waals surface area (Å²) in [6, 6.07) is 2.04. The number of nitrogens with zero attached hydrogens (tertiary/aromatic N) is 2. The number of benzene rings is 1. The van der Waals surface area contributed by atoms with Crippen molar-refractivity contribution in [3.05, 3.63) is 40.8 Å². The number of rotatable bonds is 2. The quantitative estimate of drug-likeness (QED) is 0.839. The molecule has 0 aliphatic rings. The Hall–Kier alpha value is -1.98. The van der Waals surface area contributed by atoms with Crippen LogP contribution in [0.2, 0.25) is 0 Å². The van der Waals surface area contributed by atoms with Crippen LogP contribution in [0.1, 0.15) is 18.2 Å². The Morgan fingerprint density at radius 1 is 1.22 bits per heavy atom. The molecule has 1 aromatic heterocycles. The van der Waals surface area contributed by atoms with Gasteiger partial charge in [-0.25, -0.2) is 13.2 Å². The number of hydrogen-bond donors (Lipinski definition) is 1. The monoisotopic (exact) mass is 256 g/mol. The molecule has 0 atom stereocenters. The molecule has 0 aliphatic carbocycles. The fraction of sp³-hybridized carbons (Fsp3) is 0.250. The molecule has 6 heteroatoms. The van der Waals surface area contributed by atoms with Gasteiger partial charge in [-0.1, -0.05) is 6.92 Å². The summed E-state index contributed by atoms with van der Waals surface area (Å²) in [6.07, 6.45) is 0.484. The second-order valence-corrected chi connectivity index (χ2v) is 3.91. The van der Waals surface area contributed by atoms with E-state index < -0.39 is 29.0 Å². The van der Waals surface area contributed by atoms with Crippen LogP contribution in [0.3, 0.4) is 0 Å². The van der Waals surface area contributed by atoms with E-state index in [1.54, 1.807) is 6.92 Å². The van der Waals surface area contributed by atoms with Crippen molar-refractivity contribution < 1.29 is 18.3 Å². The van der Waals surface area contributed by atoms with Crippen LogP contribution in [0.25, 0.3) is 5.69 Å². The minimum absolute atomic E-state index is 0.0585. The summed E-state index contributed by atoms with van der Waals surface area (Å²) in [7, 11) is 0. The van der Waals surface area contributed by atoms with Crippen molar-refractivity contribution in [2.45, 2.75) is 20.3 Å². The van der Waals surface area contributed by atoms with E-state index in [2.05, 4.69) is 5.10 Å². The zero-order chi connectivity index (χ0) is 13.4. The Labute approximate surface area is 101 Å². The molecule has 1 N–H and O–H groups in total. The lowest BCUT2D eigenvalue weighted by Crippen LogP contribution is -2.07. The van der Waals surface area contributed by atoms with Crippen LogP contribution in [0, 0.1) is 24.4 Å². The van der Waals surface area contributed by atoms with E-state index in [-0.39, 0.29) is 5.56 Å². The van der Waals surface area contributed by atoms with Crippen LogP contribution in [0.4, 0.5) is 13.2 Å². The van der Waals surface area contributed by atoms with E-state index in [9.17, 15) is 18.3 Å². The molecule has 2 aromatic rings. The average Bonchev–Trinajstić information content (AvgIpc) is 2.69. The number of hydrogen-bond acceptors (Lipinski definition) is 2. The molecule has 18 heavy (non-hydrogen) atoms. The summed E-state index contributed by atoms with van der Waals surface area (Å²) >= 11 is 0. The summed E-state index contributed by atoms with van der Waals surface area (Å²) < 4.78 is 41.4. The molecule has 0 amide bonds. The highest BCUT2D eigenvalue weighted by molar-refractivity contribution is 5.42. The number of halogens is 3. The topological polar surface area (TPSA) is 38.0 Å². The maximum atomic E-state index is 13.8. The molecule has 3 nitrogen and oxygen atoms in total. The van der Waals surface area contributed by atoms with Gasteiger partial charge in [-0.3, -0.25) is 0 Å². The van der Waals surface area contributed by atoms with Gasteiger partial charge in [0.05, 0.1) is 5.69 Å². The van der Waals surface area contributed by atoms with Crippen molar-refractivity contribution in [1.82, 2.24) is 9.78 Å². The molecule has 1 aromatic carbocycles. The van der Waals surface area contributed by atoms with Gasteiger partial charge in [0.15, 0.2) is 17.5 Å². The molecule has 0 saturated heterocycles. The van der Waals surface area contributed by atoms with Crippen LogP contribution < -0.4 is 0 Å². The van der Waals surface area contributed by atoms with Gasteiger partial charge in [-0.15, -0.1) is 0 Å². The largest absolute Gasteiger partial charge is 0.493 e. The molecule has 0 spiro atoms. The fourth-order valence-corrected chi connectivity index (χ4v) is 1.66. The van der Waals surface area contributed by atoms with Crippen LogP contribution in [-0.4, -0.2) is 14.9 Å². The lowest BCUT2D eigenvalue weighted by atomic mass is 10.2. The smallest absolute Gasteiger partial charge is 0.214 e. The molecule has 2 rings (SSSR count). The minimum Gasteiger partial charge on any atom is -0.493 e. The third kappa shape index (κ3) is 1.83. The van der Waals surface area contributed by atoms with E-state index in [0.29, 0.717) is 16.8 Å². The van der Waals surface area contributed by atoms with Gasteiger partial charge in [0, 0.05) is 6.07 Å². The molecule has 0 fully saturated rings. The number of aryl methyl sites for hydroxylation is 2. The average molecular weight is 256 g/mol. The van der Waals surface area contributed by atoms with Gasteiger partial charge in [-0.2, -0.15) is 9.78 Å². The molecular weight excluding hydrogens is 245 g/mol. The summed E-state index contributed by atoms with van der Waals surface area (Å²) in [5.74, 6) is -3.94. The first-order valence-corrected chi connectivity index (χ1v) is 5.38. The van der Waals surface area contributed by atoms with Crippen molar-refractivity contribution in [3.8, 4) is 11.6 Å². The summed E-state index contributed by atoms with van der Waals surface area (Å²) in [5, 5.41) is 13.4. The van der Waals surface area contributed by atoms with Gasteiger partial charge in [0.1, 0.15) is 5.69 Å². The number of aromatic nitrogens is 2. The Morgan fingerprint density at radius 2 is 1.89 bits per heavy atom. The number of aromatic hydroxyl groups is 1. The van der Waals surface area contributed by atoms with Crippen molar-refractivity contribution in [3.63, 3.8) is 0 Å². The second-order valence-electron chi connectivity index (χ2n) is 3.91. The SMILES string of the molecule is CCc1cc(O)n(-c2c(F)c(C)cc(F)c2F)n1. The molecule has 0 unspecified atom stereocenters. The molecule has 0 radical (unpaired) electrons. The van der Waals surface area contributed by atoms with E-state index in [1.165, 1.54) is 13.0 Å². The van der Waals surface area contributed by atoms with Gasteiger partial charge in [0.2, 0.25) is 5.88 Å². The van der Waals surface area contributed by atoms with Crippen LogP contribution in [0.15, 0.2) is 12.1 Å². The predicted molar refractivity (Wildman–Crippen MR) is 59.2 cm³/mol. The Kier molecular flexibility index (Phi) is 3.02. The van der Waals surface area contributed by atoms with E-state index >= 15 is 0 Å². The second kappa shape index (κ2) is 4.36. The van der Waals surface area contributed by atoms with Crippen molar-refractivity contribution in [2.75, 3.05) is 0 Å². The molecular formula is C12H11F3N2O. The maximum Gasteiger partial charge on any atom is 0.214 e. The van der Waals surface area contributed by atoms with E-state index in [1.807, 2.05) is 0 Å². The molecule has 0 saturated carbocycles. The molecule has 1 heterocycles. The van der Waals surface area contributed by atoms with Crippen LogP contribution in [-0.2, 0) is 6.42 Å². The maximum absolute atomic E-state index is 13.8. The Balaban J connectivity index is 2.73. The zero-order valence-corrected chi connectivity index (χ0v) is 9.84. The molecule has 0 aliphatic heterocycles. The van der Waals surface area contributed by atoms with Crippen LogP contribution in [0.5, 0.6) is 5.88 Å². The highest BCUT2D eigenvalue weighted by atomic mass is 19.2. The predicted octanol–water partition coefficient (Wildman–Crippen LogP) is 2.87. The Morgan fingerprint density at radius 3 is 2.44 bits per heavy atom. The third-order valence-corrected chi connectivity index (χ3v) is 2.63. The lowest BCUT2D eigenvalue weighted by molar-refractivity contribution is 0.418. The Bertz CT molecular complexity index is 582. The van der Waals surface area contributed by atoms with Crippen molar-refractivity contribution in [1.29, 1.82) is 0 Å². The lowest BCUT2D eigenvalue weighted by Gasteiger charge is -2.09. The zero-order valence-electron chi connectivity index (χ0n) is 9.84. The highest BCUT2D eigenvalue weighted by Gasteiger charge is 2.21. The van der Waals surface area contributed by atoms with Gasteiger partial charge in [0.25, 0.3) is 0 Å². The van der Waals surface area contributed by atoms with Gasteiger partial charge in [-0.05, 0) is 25.0 Å². The minimum atomic E-state index is -1.38. The van der Waals surface area contributed by atoms with Gasteiger partial charge >= 0.3 is 0 Å². The van der Waals surface area contributed by atoms with E-state index in [4.69, 9.17) is 0 Å². The molecule has 0 bridgehead atoms. The summed E-state index contributed by atoms with van der Waals surface area (Å²) in [6.45, 7) is 3.08. The summed E-state index contributed by atoms with van der Waals surface area (Å²) in [5.41, 5.74) is -0.310. The first kappa shape index (κ1) is 12.5. The standard InChI is InChI=1S/C12H11F3N2O/c1-3-7-5-9(18)17(16-7)12-10(14)6(2)4-8(13)11(12)15/h4-5,18H,3H2,1-2H3. The first-order chi connectivity index (χ1) is 8.45. The molecule has 96 valence electrons. The van der Waals surface area contributed by atoms with Gasteiger partial charge < -0.3 is 5.11 Å². The van der Waals surface area contributed by atoms with Crippen molar-refractivity contribution in [2.24, 2.45) is 0 Å². The van der Waals surface area contributed by atoms with Crippen molar-refractivity contribution >= 4 is 0 Å². The third-order valence-electron chi connectivity index (χ3n) is 2.63. The fourth-order valence-electron chi connectivity index (χ4n) is 1.66. The summed E-state index contributed by atoms with van der Waals surface area (Å²) in [4.78, 5) is 0. The normalized spacial score (nSPS) is 10.9. The highest BCUT2D eigenvalue weighted by Crippen LogP contribution is 2.27.